The van der Waals surface area contributed by atoms with Crippen molar-refractivity contribution in [1.29, 1.82) is 0 Å². The summed E-state index contributed by atoms with van der Waals surface area (Å²) in [6.07, 6.45) is 2.35. The third-order valence-corrected chi connectivity index (χ3v) is 13.1. The zero-order chi connectivity index (χ0) is 38.6. The minimum Gasteiger partial charge on any atom is -0.504 e. The number of piperidine rings is 3. The third kappa shape index (κ3) is 6.84. The number of quaternary nitrogens is 1. The van der Waals surface area contributed by atoms with E-state index in [9.17, 15) is 34.5 Å². The van der Waals surface area contributed by atoms with Crippen molar-refractivity contribution >= 4 is 75.0 Å². The molecule has 54 heavy (non-hydrogen) atoms. The number of phenols is 2. The molecular formula is C32H37ClN11O8S2+. The van der Waals surface area contributed by atoms with Crippen LogP contribution in [0.15, 0.2) is 22.9 Å². The lowest BCUT2D eigenvalue weighted by atomic mass is 9.70. The number of aromatic hydroxyl groups is 2. The topological polar surface area (TPSA) is 272 Å². The number of nitrogens with zero attached hydrogens (tertiary/aromatic N) is 8. The van der Waals surface area contributed by atoms with Crippen molar-refractivity contribution < 1.29 is 43.8 Å². The predicted molar refractivity (Wildman–Crippen MR) is 194 cm³/mol. The summed E-state index contributed by atoms with van der Waals surface area (Å²) >= 11 is 8.49. The van der Waals surface area contributed by atoms with E-state index in [1.165, 1.54) is 26.0 Å². The van der Waals surface area contributed by atoms with Gasteiger partial charge in [0.15, 0.2) is 28.1 Å². The monoisotopic (exact) mass is 802 g/mol. The Labute approximate surface area is 320 Å². The first-order valence-corrected chi connectivity index (χ1v) is 19.2. The van der Waals surface area contributed by atoms with E-state index in [1.54, 1.807) is 16.7 Å². The van der Waals surface area contributed by atoms with E-state index >= 15 is 0 Å². The van der Waals surface area contributed by atoms with Crippen molar-refractivity contribution in [3.63, 3.8) is 0 Å². The number of benzene rings is 1. The number of nitrogens with one attached hydrogen (secondary N) is 2. The number of H-pyrrole nitrogens is 1. The second-order valence-corrected chi connectivity index (χ2v) is 16.8. The van der Waals surface area contributed by atoms with Gasteiger partial charge < -0.3 is 35.7 Å². The largest absolute Gasteiger partial charge is 0.504 e. The van der Waals surface area contributed by atoms with Gasteiger partial charge in [0.05, 0.1) is 47.2 Å². The molecule has 8 rings (SSSR count). The molecule has 2 atom stereocenters. The number of nitrogens with two attached hydrogens (primary N) is 1. The number of anilines is 1. The van der Waals surface area contributed by atoms with Gasteiger partial charge >= 0.3 is 5.97 Å². The first-order chi connectivity index (χ1) is 25.6. The van der Waals surface area contributed by atoms with Gasteiger partial charge in [0.1, 0.15) is 6.54 Å². The highest BCUT2D eigenvalue weighted by atomic mass is 35.5. The number of phenolic OH excluding ortho intramolecular Hbond substituents is 2. The molecule has 1 aromatic carbocycles. The number of hydrogen-bond acceptors (Lipinski definition) is 16. The van der Waals surface area contributed by atoms with E-state index < -0.39 is 46.1 Å². The number of carboxylic acid groups (broad SMARTS) is 1. The number of amides is 2. The molecule has 0 unspecified atom stereocenters. The molecule has 5 aliphatic rings. The predicted octanol–water partition coefficient (Wildman–Crippen LogP) is 1.61. The molecule has 7 N–H and O–H groups in total. The van der Waals surface area contributed by atoms with Crippen molar-refractivity contribution in [3.05, 3.63) is 39.9 Å². The molecule has 22 heteroatoms. The van der Waals surface area contributed by atoms with Crippen molar-refractivity contribution in [3.8, 4) is 11.5 Å². The SMILES string of the molecule is CC(C)(O/N=C(\C(=O)C[C@@H]1C(=O)N2C(c3nn[nH]n3)=C(C[N+]34CCC(CNC(=O)c5ccc(O)c(O)c5Cl)(CC3)CC4)CS[C@H]12)c1nsc(N)n1)C(=O)O. The number of rotatable bonds is 13. The Hall–Kier alpha value is -4.86. The molecule has 3 aromatic rings. The molecule has 0 saturated carbocycles. The van der Waals surface area contributed by atoms with Gasteiger partial charge in [-0.25, -0.2) is 4.79 Å². The number of Topliss-reactive ketones (excluding diaryl/α,β-unsaturated/α-hetero) is 1. The summed E-state index contributed by atoms with van der Waals surface area (Å²) in [4.78, 5) is 63.0. The molecular weight excluding hydrogens is 766 g/mol. The zero-order valence-electron chi connectivity index (χ0n) is 29.1. The van der Waals surface area contributed by atoms with E-state index in [0.717, 1.165) is 60.5 Å². The van der Waals surface area contributed by atoms with Gasteiger partial charge in [-0.05, 0) is 31.2 Å². The fourth-order valence-electron chi connectivity index (χ4n) is 7.39. The number of aliphatic carboxylic acids is 1. The lowest BCUT2D eigenvalue weighted by Crippen LogP contribution is -2.65. The summed E-state index contributed by atoms with van der Waals surface area (Å²) < 4.78 is 4.86. The lowest BCUT2D eigenvalue weighted by molar-refractivity contribution is -0.941. The molecule has 0 radical (unpaired) electrons. The van der Waals surface area contributed by atoms with E-state index in [1.807, 2.05) is 0 Å². The highest BCUT2D eigenvalue weighted by molar-refractivity contribution is 8.00. The maximum Gasteiger partial charge on any atom is 0.350 e. The van der Waals surface area contributed by atoms with Crippen LogP contribution in [0.3, 0.4) is 0 Å². The summed E-state index contributed by atoms with van der Waals surface area (Å²) in [5, 5.41) is 50.1. The number of β-lactam (4-membered cyclic amide) rings is 1. The number of nitrogen functional groups attached to an aromatic ring is 1. The molecule has 286 valence electrons. The van der Waals surface area contributed by atoms with Crippen LogP contribution in [0, 0.1) is 11.3 Å². The quantitative estimate of drug-likeness (QED) is 0.0471. The van der Waals surface area contributed by atoms with Gasteiger partial charge in [0, 0.05) is 60.5 Å². The average Bonchev–Trinajstić information content (AvgIpc) is 3.85. The lowest BCUT2D eigenvalue weighted by Gasteiger charge is -2.56. The van der Waals surface area contributed by atoms with Gasteiger partial charge in [-0.15, -0.1) is 22.0 Å². The first kappa shape index (κ1) is 37.5. The Balaban J connectivity index is 1.04. The van der Waals surface area contributed by atoms with Crippen LogP contribution in [0.1, 0.15) is 61.5 Å². The maximum atomic E-state index is 13.9. The number of thioether (sulfide) groups is 1. The minimum absolute atomic E-state index is 0.0725. The maximum absolute atomic E-state index is 13.9. The third-order valence-electron chi connectivity index (χ3n) is 10.8. The van der Waals surface area contributed by atoms with Crippen LogP contribution in [0.5, 0.6) is 11.5 Å². The van der Waals surface area contributed by atoms with Crippen LogP contribution in [0.25, 0.3) is 5.70 Å². The number of halogens is 1. The van der Waals surface area contributed by atoms with E-state index in [0.29, 0.717) is 24.5 Å². The normalized spacial score (nSPS) is 25.3. The van der Waals surface area contributed by atoms with Crippen molar-refractivity contribution in [2.24, 2.45) is 16.5 Å². The molecule has 7 heterocycles. The van der Waals surface area contributed by atoms with E-state index in [4.69, 9.17) is 22.2 Å². The fourth-order valence-corrected chi connectivity index (χ4v) is 9.47. The molecule has 2 aromatic heterocycles. The molecule has 19 nitrogen and oxygen atoms in total. The second-order valence-electron chi connectivity index (χ2n) is 14.5. The average molecular weight is 803 g/mol. The number of carboxylic acids is 1. The van der Waals surface area contributed by atoms with Gasteiger partial charge in [0.25, 0.3) is 5.91 Å². The van der Waals surface area contributed by atoms with E-state index in [2.05, 4.69) is 40.5 Å². The van der Waals surface area contributed by atoms with Gasteiger partial charge in [-0.3, -0.25) is 19.3 Å². The van der Waals surface area contributed by atoms with Crippen molar-refractivity contribution in [2.45, 2.75) is 50.5 Å². The fraction of sp³-hybridized carbons (Fsp3) is 0.500. The molecule has 4 saturated heterocycles. The number of carbonyl (C=O) groups excluding carboxylic acids is 3. The Morgan fingerprint density at radius 2 is 1.94 bits per heavy atom. The number of aromatic amines is 1. The second kappa shape index (κ2) is 14.1. The van der Waals surface area contributed by atoms with Crippen molar-refractivity contribution in [1.82, 2.24) is 40.2 Å². The van der Waals surface area contributed by atoms with Crippen molar-refractivity contribution in [2.75, 3.05) is 44.2 Å². The highest BCUT2D eigenvalue weighted by Gasteiger charge is 2.56. The van der Waals surface area contributed by atoms with Crippen LogP contribution >= 0.6 is 34.9 Å². The number of carbonyl (C=O) groups is 4. The summed E-state index contributed by atoms with van der Waals surface area (Å²) in [5.41, 5.74) is 5.22. The van der Waals surface area contributed by atoms with Crippen LogP contribution < -0.4 is 11.1 Å². The Kier molecular flexibility index (Phi) is 9.77. The van der Waals surface area contributed by atoms with Gasteiger partial charge in [-0.2, -0.15) is 14.6 Å². The van der Waals surface area contributed by atoms with Gasteiger partial charge in [-0.1, -0.05) is 16.8 Å². The van der Waals surface area contributed by atoms with E-state index in [-0.39, 0.29) is 50.8 Å². The molecule has 2 amide bonds. The summed E-state index contributed by atoms with van der Waals surface area (Å²) in [5.74, 6) is -3.57. The molecule has 0 spiro atoms. The Morgan fingerprint density at radius 1 is 1.22 bits per heavy atom. The van der Waals surface area contributed by atoms with Crippen LogP contribution in [0.4, 0.5) is 5.13 Å². The number of tetrazole rings is 1. The molecule has 4 fully saturated rings. The summed E-state index contributed by atoms with van der Waals surface area (Å²) in [6.45, 7) is 6.23. The van der Waals surface area contributed by atoms with Gasteiger partial charge in [0.2, 0.25) is 23.2 Å². The van der Waals surface area contributed by atoms with Crippen LogP contribution in [-0.4, -0.2) is 133 Å². The zero-order valence-corrected chi connectivity index (χ0v) is 31.5. The number of hydrogen-bond donors (Lipinski definition) is 6. The summed E-state index contributed by atoms with van der Waals surface area (Å²) in [6, 6.07) is 2.60. The number of fused-ring (bicyclic) bond motifs is 4. The smallest absolute Gasteiger partial charge is 0.350 e. The highest BCUT2D eigenvalue weighted by Crippen LogP contribution is 2.50. The number of oxime groups is 1. The standard InChI is InChI=1S/C32H36ClN11O8S2/c1-31(2,29(50)51)52-39-21(24-36-30(34)54-40-24)19(46)11-17-27(49)43-22(25-37-41-42-38-25)15(13-53-28(17)43)12-44-8-5-32(6-9-44,7-10-44)14-35-26(48)16-3-4-18(45)23(47)20(16)33/h3-4,17,28H,5-14H2,1-2H3,(H6-,34,35,36,37,38,39,40,41,42,45,46,47,48,50,51)/p+1/t17-,28-,32?,44?/m1/s1. The summed E-state index contributed by atoms with van der Waals surface area (Å²) in [7, 11) is 0. The first-order valence-electron chi connectivity index (χ1n) is 17.0. The molecule has 5 aliphatic heterocycles. The molecule has 0 aliphatic carbocycles. The van der Waals surface area contributed by atoms with Crippen LogP contribution in [0.2, 0.25) is 5.02 Å². The Bertz CT molecular complexity index is 2060. The number of aromatic nitrogens is 6. The van der Waals surface area contributed by atoms with Crippen LogP contribution in [-0.2, 0) is 19.2 Å². The number of ketones is 1. The minimum atomic E-state index is -1.75. The Morgan fingerprint density at radius 3 is 2.57 bits per heavy atom. The molecule has 2 bridgehead atoms.